The maximum absolute atomic E-state index is 11.8. The summed E-state index contributed by atoms with van der Waals surface area (Å²) in [7, 11) is 0. The number of amides is 3. The van der Waals surface area contributed by atoms with Crippen molar-refractivity contribution in [1.82, 2.24) is 16.0 Å². The van der Waals surface area contributed by atoms with Gasteiger partial charge in [0.25, 0.3) is 0 Å². The number of rotatable bonds is 13. The molecule has 0 aromatic carbocycles. The van der Waals surface area contributed by atoms with E-state index in [4.69, 9.17) is 9.47 Å². The Kier molecular flexibility index (Phi) is 22.9. The standard InChI is InChI=1S/C19H34N3O8.C2H4I.Li/c1-3-14(25)20-8-6-9-21-15(26)7-4-5-10-29-19-16(22-12(2)24)18(28)17(27)13(11-23)30-19;1-2-3;/h13,16-19,23,27-28H,1,3-11H2,2H3,(H,20,25)(H,21,26)(H,22,24);2H,1H3;/q2*-1;+1/t13?,16?,17-,18?,19+;;/m0../s1. The number of ether oxygens (including phenoxy) is 2. The van der Waals surface area contributed by atoms with E-state index in [1.807, 2.05) is 11.4 Å². The van der Waals surface area contributed by atoms with E-state index < -0.39 is 43.2 Å². The first-order valence-corrected chi connectivity index (χ1v) is 12.2. The molecule has 0 aliphatic carbocycles. The van der Waals surface area contributed by atoms with Gasteiger partial charge in [0.15, 0.2) is 12.2 Å². The van der Waals surface area contributed by atoms with E-state index in [0.29, 0.717) is 38.8 Å². The molecule has 0 bridgehead atoms. The molecule has 0 saturated carbocycles. The largest absolute Gasteiger partial charge is 1.00 e. The van der Waals surface area contributed by atoms with Crippen LogP contribution in [-0.4, -0.2) is 90.0 Å². The molecule has 3 amide bonds. The molecule has 1 aliphatic heterocycles. The topological polar surface area (TPSA) is 166 Å². The van der Waals surface area contributed by atoms with Crippen LogP contribution in [0.5, 0.6) is 0 Å². The molecule has 13 heteroatoms. The van der Waals surface area contributed by atoms with Crippen molar-refractivity contribution in [2.75, 3.05) is 26.3 Å². The van der Waals surface area contributed by atoms with Crippen LogP contribution in [0.2, 0.25) is 0 Å². The molecule has 1 heterocycles. The fraction of sp³-hybridized carbons (Fsp3) is 0.762. The Labute approximate surface area is 227 Å². The van der Waals surface area contributed by atoms with Gasteiger partial charge in [-0.25, -0.2) is 0 Å². The van der Waals surface area contributed by atoms with Crippen molar-refractivity contribution in [3.05, 3.63) is 11.4 Å². The Morgan fingerprint density at radius 2 is 1.68 bits per heavy atom. The van der Waals surface area contributed by atoms with Crippen LogP contribution in [0.1, 0.15) is 46.0 Å². The summed E-state index contributed by atoms with van der Waals surface area (Å²) in [6.07, 6.45) is -2.58. The number of hydrogen-bond donors (Lipinski definition) is 6. The third kappa shape index (κ3) is 15.5. The van der Waals surface area contributed by atoms with E-state index in [0.717, 1.165) is 0 Å². The third-order valence-electron chi connectivity index (χ3n) is 4.56. The molecule has 1 saturated heterocycles. The van der Waals surface area contributed by atoms with Gasteiger partial charge in [0.2, 0.25) is 11.8 Å². The van der Waals surface area contributed by atoms with Crippen LogP contribution in [0.3, 0.4) is 0 Å². The van der Waals surface area contributed by atoms with Crippen LogP contribution in [0.25, 0.3) is 0 Å². The van der Waals surface area contributed by atoms with Gasteiger partial charge in [-0.1, -0.05) is 0 Å². The maximum Gasteiger partial charge on any atom is 1.00 e. The quantitative estimate of drug-likeness (QED) is 0.0555. The van der Waals surface area contributed by atoms with Crippen LogP contribution in [0, 0.1) is 11.4 Å². The Morgan fingerprint density at radius 1 is 1.09 bits per heavy atom. The van der Waals surface area contributed by atoms with Gasteiger partial charge in [0, 0.05) is 33.0 Å². The van der Waals surface area contributed by atoms with Crippen molar-refractivity contribution in [3.63, 3.8) is 0 Å². The molecule has 1 rings (SSSR count). The molecule has 194 valence electrons. The number of aliphatic hydroxyl groups excluding tert-OH is 3. The summed E-state index contributed by atoms with van der Waals surface area (Å²) in [6, 6.07) is -0.979. The zero-order valence-electron chi connectivity index (χ0n) is 20.3. The molecule has 3 unspecified atom stereocenters. The predicted octanol–water partition coefficient (Wildman–Crippen LogP) is -3.43. The van der Waals surface area contributed by atoms with Crippen molar-refractivity contribution in [3.8, 4) is 0 Å². The van der Waals surface area contributed by atoms with E-state index >= 15 is 0 Å². The summed E-state index contributed by atoms with van der Waals surface area (Å²) in [4.78, 5) is 34.2. The number of hydrogen-bond acceptors (Lipinski definition) is 8. The molecule has 1 aliphatic rings. The maximum atomic E-state index is 11.8. The summed E-state index contributed by atoms with van der Waals surface area (Å²) >= 11 is 2.16. The molecular formula is C21H38ILiN3O8-. The molecule has 1 fully saturated rings. The average molecular weight is 594 g/mol. The van der Waals surface area contributed by atoms with Gasteiger partial charge >= 0.3 is 18.9 Å². The smallest absolute Gasteiger partial charge is 0.394 e. The van der Waals surface area contributed by atoms with Gasteiger partial charge in [-0.05, 0) is 19.3 Å². The number of nitrogens with one attached hydrogen (secondary N) is 3. The number of unbranched alkanes of at least 4 members (excludes halogenated alkanes) is 1. The number of carbonyl (C=O) groups is 3. The minimum absolute atomic E-state index is 0. The molecule has 0 radical (unpaired) electrons. The first-order chi connectivity index (χ1) is 15.7. The normalized spacial score (nSPS) is 23.6. The molecule has 34 heavy (non-hydrogen) atoms. The molecule has 11 nitrogen and oxygen atoms in total. The van der Waals surface area contributed by atoms with Crippen molar-refractivity contribution >= 4 is 40.3 Å². The second-order valence-corrected chi connectivity index (χ2v) is 8.53. The van der Waals surface area contributed by atoms with Crippen LogP contribution in [0.4, 0.5) is 0 Å². The monoisotopic (exact) mass is 594 g/mol. The third-order valence-corrected chi connectivity index (χ3v) is 4.56. The summed E-state index contributed by atoms with van der Waals surface area (Å²) in [5.74, 6) is -0.660. The summed E-state index contributed by atoms with van der Waals surface area (Å²) in [6.45, 7) is 7.36. The zero-order chi connectivity index (χ0) is 25.2. The van der Waals surface area contributed by atoms with Crippen LogP contribution in [-0.2, 0) is 23.9 Å². The molecule has 5 atom stereocenters. The number of carbonyl (C=O) groups excluding carboxylic acids is 3. The Hall–Kier alpha value is -0.463. The predicted molar refractivity (Wildman–Crippen MR) is 130 cm³/mol. The summed E-state index contributed by atoms with van der Waals surface area (Å²) in [5.41, 5.74) is 0. The van der Waals surface area contributed by atoms with Crippen LogP contribution >= 0.6 is 22.6 Å². The average Bonchev–Trinajstić information content (AvgIpc) is 2.77. The first-order valence-electron chi connectivity index (χ1n) is 10.9. The summed E-state index contributed by atoms with van der Waals surface area (Å²) < 4.78 is 13.0. The van der Waals surface area contributed by atoms with Gasteiger partial charge in [-0.15, -0.1) is 6.42 Å². The first kappa shape index (κ1) is 35.7. The minimum Gasteiger partial charge on any atom is -0.394 e. The molecule has 0 aromatic heterocycles. The second-order valence-electron chi connectivity index (χ2n) is 7.28. The van der Waals surface area contributed by atoms with E-state index in [2.05, 4.69) is 45.5 Å². The molecule has 0 spiro atoms. The minimum atomic E-state index is -1.36. The van der Waals surface area contributed by atoms with Gasteiger partial charge in [0.05, 0.1) is 6.61 Å². The van der Waals surface area contributed by atoms with Gasteiger partial charge in [-0.2, -0.15) is 6.92 Å². The van der Waals surface area contributed by atoms with E-state index in [-0.39, 0.29) is 43.7 Å². The fourth-order valence-corrected chi connectivity index (χ4v) is 2.92. The summed E-state index contributed by atoms with van der Waals surface area (Å²) in [5, 5.41) is 37.3. The zero-order valence-corrected chi connectivity index (χ0v) is 22.5. The number of aliphatic hydroxyl groups is 3. The molecular weight excluding hydrogens is 556 g/mol. The van der Waals surface area contributed by atoms with Crippen molar-refractivity contribution in [2.24, 2.45) is 0 Å². The van der Waals surface area contributed by atoms with Gasteiger partial charge in [0.1, 0.15) is 24.4 Å². The van der Waals surface area contributed by atoms with E-state index in [1.54, 1.807) is 0 Å². The van der Waals surface area contributed by atoms with Crippen molar-refractivity contribution in [2.45, 2.75) is 76.6 Å². The van der Waals surface area contributed by atoms with E-state index in [9.17, 15) is 29.7 Å². The molecule has 6 N–H and O–H groups in total. The fourth-order valence-electron chi connectivity index (χ4n) is 2.92. The Bertz CT molecular complexity index is 576. The SMILES string of the molecule is C[CH-]I.[CH2-]CC(=O)NCCCNC(=O)CCCCO[C@@H]1OC(CO)[C@H](O)C(O)C1NC(C)=O.[Li+]. The van der Waals surface area contributed by atoms with Crippen molar-refractivity contribution in [1.29, 1.82) is 0 Å². The van der Waals surface area contributed by atoms with Gasteiger partial charge in [-0.3, -0.25) is 18.8 Å². The second kappa shape index (κ2) is 21.8. The van der Waals surface area contributed by atoms with Crippen LogP contribution in [0.15, 0.2) is 0 Å². The van der Waals surface area contributed by atoms with Crippen molar-refractivity contribution < 1.29 is 58.0 Å². The Morgan fingerprint density at radius 3 is 2.21 bits per heavy atom. The molecule has 0 aromatic rings. The van der Waals surface area contributed by atoms with E-state index in [1.165, 1.54) is 6.92 Å². The number of halogens is 1. The van der Waals surface area contributed by atoms with Gasteiger partial charge < -0.3 is 70.3 Å². The Balaban J connectivity index is 0. The van der Waals surface area contributed by atoms with Crippen LogP contribution < -0.4 is 34.8 Å².